The Balaban J connectivity index is 2.02. The third-order valence-corrected chi connectivity index (χ3v) is 5.11. The number of aryl methyl sites for hydroxylation is 4. The first-order valence-corrected chi connectivity index (χ1v) is 9.71. The van der Waals surface area contributed by atoms with Crippen molar-refractivity contribution >= 4 is 0 Å². The SMILES string of the molecule is CCc1[c]c(C)cc(-c2ncc[nH]2)c1-c1c(C)cc(-c2ncco2)cc1CC. The predicted octanol–water partition coefficient (Wildman–Crippen LogP) is 5.94. The van der Waals surface area contributed by atoms with E-state index >= 15 is 0 Å². The zero-order chi connectivity index (χ0) is 19.7. The molecule has 0 amide bonds. The van der Waals surface area contributed by atoms with Gasteiger partial charge in [0.15, 0.2) is 0 Å². The Bertz CT molecular complexity index is 1090. The minimum atomic E-state index is 0.654. The number of hydrogen-bond acceptors (Lipinski definition) is 3. The first kappa shape index (κ1) is 18.2. The molecular formula is C24H24N3O. The highest BCUT2D eigenvalue weighted by Crippen LogP contribution is 2.40. The molecule has 0 saturated heterocycles. The zero-order valence-electron chi connectivity index (χ0n) is 16.8. The number of nitrogens with zero attached hydrogens (tertiary/aromatic N) is 2. The average molecular weight is 370 g/mol. The molecule has 1 radical (unpaired) electrons. The van der Waals surface area contributed by atoms with Crippen molar-refractivity contribution in [3.8, 4) is 34.0 Å². The van der Waals surface area contributed by atoms with Gasteiger partial charge in [-0.1, -0.05) is 13.8 Å². The number of nitrogens with one attached hydrogen (secondary N) is 1. The number of benzene rings is 2. The molecule has 4 aromatic rings. The Labute approximate surface area is 165 Å². The van der Waals surface area contributed by atoms with E-state index < -0.39 is 0 Å². The number of aromatic amines is 1. The van der Waals surface area contributed by atoms with Crippen molar-refractivity contribution in [1.29, 1.82) is 0 Å². The first-order valence-electron chi connectivity index (χ1n) is 9.71. The minimum absolute atomic E-state index is 0.654. The predicted molar refractivity (Wildman–Crippen MR) is 112 cm³/mol. The van der Waals surface area contributed by atoms with E-state index in [1.807, 2.05) is 6.20 Å². The van der Waals surface area contributed by atoms with Gasteiger partial charge in [0.1, 0.15) is 12.1 Å². The number of hydrogen-bond donors (Lipinski definition) is 1. The van der Waals surface area contributed by atoms with Gasteiger partial charge in [-0.25, -0.2) is 9.97 Å². The summed E-state index contributed by atoms with van der Waals surface area (Å²) in [6.07, 6.45) is 8.80. The van der Waals surface area contributed by atoms with Crippen LogP contribution in [0.5, 0.6) is 0 Å². The molecule has 0 fully saturated rings. The molecule has 0 atom stereocenters. The number of aromatic nitrogens is 3. The van der Waals surface area contributed by atoms with Gasteiger partial charge in [-0.05, 0) is 84.3 Å². The summed E-state index contributed by atoms with van der Waals surface area (Å²) in [7, 11) is 0. The lowest BCUT2D eigenvalue weighted by Gasteiger charge is -2.20. The Morgan fingerprint density at radius 1 is 1.00 bits per heavy atom. The van der Waals surface area contributed by atoms with Crippen molar-refractivity contribution in [2.75, 3.05) is 0 Å². The smallest absolute Gasteiger partial charge is 0.225 e. The maximum Gasteiger partial charge on any atom is 0.225 e. The van der Waals surface area contributed by atoms with Crippen LogP contribution in [-0.4, -0.2) is 15.0 Å². The highest BCUT2D eigenvalue weighted by atomic mass is 16.3. The van der Waals surface area contributed by atoms with Gasteiger partial charge >= 0.3 is 0 Å². The molecule has 0 aliphatic rings. The third kappa shape index (κ3) is 3.15. The van der Waals surface area contributed by atoms with Crippen molar-refractivity contribution in [2.24, 2.45) is 0 Å². The van der Waals surface area contributed by atoms with Gasteiger partial charge in [-0.15, -0.1) is 0 Å². The highest BCUT2D eigenvalue weighted by molar-refractivity contribution is 5.88. The van der Waals surface area contributed by atoms with Crippen molar-refractivity contribution in [3.63, 3.8) is 0 Å². The largest absolute Gasteiger partial charge is 0.445 e. The van der Waals surface area contributed by atoms with Gasteiger partial charge in [-0.2, -0.15) is 0 Å². The van der Waals surface area contributed by atoms with E-state index in [2.05, 4.69) is 66.9 Å². The maximum absolute atomic E-state index is 5.53. The second-order valence-electron chi connectivity index (χ2n) is 7.03. The summed E-state index contributed by atoms with van der Waals surface area (Å²) in [5.41, 5.74) is 9.43. The molecule has 4 heteroatoms. The molecule has 2 aromatic carbocycles. The lowest BCUT2D eigenvalue weighted by atomic mass is 9.84. The fraction of sp³-hybridized carbons (Fsp3) is 0.250. The second-order valence-corrected chi connectivity index (χ2v) is 7.03. The Morgan fingerprint density at radius 2 is 1.86 bits per heavy atom. The lowest BCUT2D eigenvalue weighted by molar-refractivity contribution is 0.574. The van der Waals surface area contributed by atoms with Gasteiger partial charge in [0.25, 0.3) is 0 Å². The van der Waals surface area contributed by atoms with Crippen molar-refractivity contribution in [3.05, 3.63) is 71.4 Å². The standard InChI is InChI=1S/C24H24N3O/c1-5-17-11-15(3)12-20(23-25-7-8-26-23)22(17)21-16(4)13-19(14-18(21)6-2)24-27-9-10-28-24/h7-10,12-14H,5-6H2,1-4H3,(H,25,26). The highest BCUT2D eigenvalue weighted by Gasteiger charge is 2.20. The van der Waals surface area contributed by atoms with Crippen LogP contribution < -0.4 is 0 Å². The van der Waals surface area contributed by atoms with E-state index in [4.69, 9.17) is 4.42 Å². The van der Waals surface area contributed by atoms with Crippen LogP contribution in [0.4, 0.5) is 0 Å². The molecule has 0 saturated carbocycles. The second kappa shape index (κ2) is 7.47. The molecule has 0 aliphatic heterocycles. The van der Waals surface area contributed by atoms with Crippen LogP contribution in [0.15, 0.2) is 47.5 Å². The Morgan fingerprint density at radius 3 is 2.50 bits per heavy atom. The summed E-state index contributed by atoms with van der Waals surface area (Å²) in [5.74, 6) is 1.54. The molecule has 0 spiro atoms. The van der Waals surface area contributed by atoms with Gasteiger partial charge < -0.3 is 9.40 Å². The van der Waals surface area contributed by atoms with Crippen molar-refractivity contribution in [2.45, 2.75) is 40.5 Å². The number of imidazole rings is 1. The van der Waals surface area contributed by atoms with Gasteiger partial charge in [0.2, 0.25) is 5.89 Å². The van der Waals surface area contributed by atoms with Crippen LogP contribution in [0.1, 0.15) is 36.1 Å². The molecule has 1 N–H and O–H groups in total. The summed E-state index contributed by atoms with van der Waals surface area (Å²) >= 11 is 0. The molecule has 4 rings (SSSR count). The van der Waals surface area contributed by atoms with Crippen LogP contribution >= 0.6 is 0 Å². The van der Waals surface area contributed by atoms with E-state index in [1.54, 1.807) is 18.7 Å². The fourth-order valence-electron chi connectivity index (χ4n) is 3.92. The average Bonchev–Trinajstić information content (AvgIpc) is 3.41. The summed E-state index contributed by atoms with van der Waals surface area (Å²) in [6.45, 7) is 8.62. The van der Waals surface area contributed by atoms with Gasteiger partial charge in [-0.3, -0.25) is 0 Å². The molecule has 2 heterocycles. The fourth-order valence-corrected chi connectivity index (χ4v) is 3.92. The summed E-state index contributed by atoms with van der Waals surface area (Å²) in [6, 6.07) is 10.1. The van der Waals surface area contributed by atoms with E-state index in [9.17, 15) is 0 Å². The van der Waals surface area contributed by atoms with E-state index in [1.165, 1.54) is 27.8 Å². The number of rotatable bonds is 5. The monoisotopic (exact) mass is 370 g/mol. The van der Waals surface area contributed by atoms with Crippen molar-refractivity contribution < 1.29 is 4.42 Å². The number of oxazole rings is 1. The van der Waals surface area contributed by atoms with Gasteiger partial charge in [0, 0.05) is 23.5 Å². The van der Waals surface area contributed by atoms with Crippen LogP contribution in [-0.2, 0) is 12.8 Å². The molecular weight excluding hydrogens is 346 g/mol. The van der Waals surface area contributed by atoms with E-state index in [0.29, 0.717) is 5.89 Å². The van der Waals surface area contributed by atoms with E-state index in [-0.39, 0.29) is 0 Å². The Hall–Kier alpha value is -3.14. The zero-order valence-corrected chi connectivity index (χ0v) is 16.8. The van der Waals surface area contributed by atoms with Crippen molar-refractivity contribution in [1.82, 2.24) is 15.0 Å². The molecule has 4 nitrogen and oxygen atoms in total. The molecule has 141 valence electrons. The quantitative estimate of drug-likeness (QED) is 0.473. The molecule has 2 aromatic heterocycles. The Kier molecular flexibility index (Phi) is 4.86. The van der Waals surface area contributed by atoms with Crippen LogP contribution in [0, 0.1) is 19.9 Å². The molecule has 0 aliphatic carbocycles. The number of H-pyrrole nitrogens is 1. The van der Waals surface area contributed by atoms with Crippen LogP contribution in [0.25, 0.3) is 34.0 Å². The normalized spacial score (nSPS) is 11.1. The summed E-state index contributed by atoms with van der Waals surface area (Å²) in [5, 5.41) is 0. The minimum Gasteiger partial charge on any atom is -0.445 e. The summed E-state index contributed by atoms with van der Waals surface area (Å²) in [4.78, 5) is 12.1. The maximum atomic E-state index is 5.53. The lowest BCUT2D eigenvalue weighted by Crippen LogP contribution is -2.01. The van der Waals surface area contributed by atoms with E-state index in [0.717, 1.165) is 35.4 Å². The molecule has 0 unspecified atom stereocenters. The first-order chi connectivity index (χ1) is 13.6. The van der Waals surface area contributed by atoms with Crippen LogP contribution in [0.2, 0.25) is 0 Å². The summed E-state index contributed by atoms with van der Waals surface area (Å²) < 4.78 is 5.53. The third-order valence-electron chi connectivity index (χ3n) is 5.11. The topological polar surface area (TPSA) is 54.7 Å². The van der Waals surface area contributed by atoms with Gasteiger partial charge in [0.05, 0.1) is 6.20 Å². The van der Waals surface area contributed by atoms with Crippen LogP contribution in [0.3, 0.4) is 0 Å². The molecule has 28 heavy (non-hydrogen) atoms. The molecule has 0 bridgehead atoms.